The molecule has 0 spiro atoms. The monoisotopic (exact) mass is 460 g/mol. The molecule has 1 N–H and O–H groups in total. The second kappa shape index (κ2) is 9.94. The highest BCUT2D eigenvalue weighted by molar-refractivity contribution is 6.05. The van der Waals surface area contributed by atoms with E-state index in [1.807, 2.05) is 61.5 Å². The van der Waals surface area contributed by atoms with Crippen molar-refractivity contribution >= 4 is 22.6 Å². The molecule has 0 saturated heterocycles. The number of benzene rings is 4. The van der Waals surface area contributed by atoms with Gasteiger partial charge in [0, 0.05) is 11.3 Å². The molecule has 0 bridgehead atoms. The zero-order chi connectivity index (χ0) is 24.2. The van der Waals surface area contributed by atoms with Gasteiger partial charge in [0.2, 0.25) is 0 Å². The highest BCUT2D eigenvalue weighted by atomic mass is 16.1. The summed E-state index contributed by atoms with van der Waals surface area (Å²) >= 11 is 0. The number of aryl methyl sites for hydroxylation is 2. The van der Waals surface area contributed by atoms with Crippen molar-refractivity contribution in [1.82, 2.24) is 15.0 Å². The Labute approximate surface area is 205 Å². The molecule has 0 saturated carbocycles. The van der Waals surface area contributed by atoms with Gasteiger partial charge >= 0.3 is 0 Å². The van der Waals surface area contributed by atoms with E-state index in [0.717, 1.165) is 45.5 Å². The number of carbonyl (C=O) groups excluding carboxylic acids is 1. The number of anilines is 1. The number of nitrogens with one attached hydrogen (secondary N) is 1. The molecular weight excluding hydrogens is 432 g/mol. The minimum absolute atomic E-state index is 0.151. The largest absolute Gasteiger partial charge is 0.322 e. The first-order chi connectivity index (χ1) is 17.1. The summed E-state index contributed by atoms with van der Waals surface area (Å²) in [6, 6.07) is 30.0. The lowest BCUT2D eigenvalue weighted by atomic mass is 10.0. The summed E-state index contributed by atoms with van der Waals surface area (Å²) in [6.45, 7) is 4.17. The van der Waals surface area contributed by atoms with E-state index >= 15 is 0 Å². The number of amides is 1. The highest BCUT2D eigenvalue weighted by Gasteiger charge is 2.12. The number of rotatable bonds is 7. The van der Waals surface area contributed by atoms with Crippen molar-refractivity contribution in [2.24, 2.45) is 0 Å². The number of hydrogen-bond acceptors (Lipinski definition) is 3. The summed E-state index contributed by atoms with van der Waals surface area (Å²) in [5.74, 6) is -0.151. The van der Waals surface area contributed by atoms with Crippen molar-refractivity contribution in [2.75, 3.05) is 5.32 Å². The third kappa shape index (κ3) is 4.99. The Morgan fingerprint density at radius 3 is 2.17 bits per heavy atom. The van der Waals surface area contributed by atoms with Crippen molar-refractivity contribution in [1.29, 1.82) is 0 Å². The van der Waals surface area contributed by atoms with Gasteiger partial charge in [-0.05, 0) is 78.4 Å². The van der Waals surface area contributed by atoms with Gasteiger partial charge in [0.15, 0.2) is 0 Å². The first kappa shape index (κ1) is 22.5. The maximum absolute atomic E-state index is 12.9. The molecule has 0 unspecified atom stereocenters. The van der Waals surface area contributed by atoms with E-state index in [9.17, 15) is 4.79 Å². The van der Waals surface area contributed by atoms with Crippen LogP contribution in [-0.2, 0) is 6.42 Å². The van der Waals surface area contributed by atoms with Crippen LogP contribution >= 0.6 is 0 Å². The Hall–Kier alpha value is -4.25. The minimum atomic E-state index is -0.151. The molecular formula is C30H28N4O. The number of unbranched alkanes of at least 4 members (excludes halogenated alkanes) is 1. The van der Waals surface area contributed by atoms with Crippen LogP contribution in [0.5, 0.6) is 0 Å². The van der Waals surface area contributed by atoms with Gasteiger partial charge in [0.1, 0.15) is 11.0 Å². The van der Waals surface area contributed by atoms with E-state index in [0.29, 0.717) is 5.56 Å². The van der Waals surface area contributed by atoms with Crippen LogP contribution < -0.4 is 5.32 Å². The third-order valence-electron chi connectivity index (χ3n) is 6.22. The fraction of sp³-hybridized carbons (Fsp3) is 0.167. The Morgan fingerprint density at radius 1 is 0.829 bits per heavy atom. The first-order valence-electron chi connectivity index (χ1n) is 12.0. The molecule has 0 fully saturated rings. The van der Waals surface area contributed by atoms with Crippen molar-refractivity contribution < 1.29 is 4.79 Å². The average Bonchev–Trinajstić information content (AvgIpc) is 3.31. The molecule has 1 heterocycles. The Bertz CT molecular complexity index is 1450. The molecule has 1 amide bonds. The maximum atomic E-state index is 12.9. The maximum Gasteiger partial charge on any atom is 0.255 e. The van der Waals surface area contributed by atoms with E-state index in [-0.39, 0.29) is 5.91 Å². The number of hydrogen-bond donors (Lipinski definition) is 1. The van der Waals surface area contributed by atoms with Gasteiger partial charge in [-0.3, -0.25) is 4.79 Å². The predicted molar refractivity (Wildman–Crippen MR) is 142 cm³/mol. The van der Waals surface area contributed by atoms with Crippen LogP contribution in [-0.4, -0.2) is 20.9 Å². The minimum Gasteiger partial charge on any atom is -0.322 e. The van der Waals surface area contributed by atoms with Crippen molar-refractivity contribution in [3.63, 3.8) is 0 Å². The van der Waals surface area contributed by atoms with Gasteiger partial charge in [-0.2, -0.15) is 4.80 Å². The quantitative estimate of drug-likeness (QED) is 0.285. The zero-order valence-electron chi connectivity index (χ0n) is 20.0. The standard InChI is InChI=1S/C30H28N4O/c1-3-4-8-22-11-17-26(18-12-22)34-32-28-19-21(2)27(20-29(28)33-34)31-30(35)25-15-13-24(14-16-25)23-9-6-5-7-10-23/h5-7,9-20H,3-4,8H2,1-2H3,(H,31,35). The molecule has 1 aromatic heterocycles. The summed E-state index contributed by atoms with van der Waals surface area (Å²) in [5.41, 5.74) is 8.26. The summed E-state index contributed by atoms with van der Waals surface area (Å²) in [6.07, 6.45) is 3.46. The second-order valence-corrected chi connectivity index (χ2v) is 8.81. The summed E-state index contributed by atoms with van der Waals surface area (Å²) in [5, 5.41) is 12.3. The molecule has 0 aliphatic heterocycles. The second-order valence-electron chi connectivity index (χ2n) is 8.81. The fourth-order valence-corrected chi connectivity index (χ4v) is 4.13. The van der Waals surface area contributed by atoms with Crippen LogP contribution in [0, 0.1) is 6.92 Å². The number of fused-ring (bicyclic) bond motifs is 1. The smallest absolute Gasteiger partial charge is 0.255 e. The zero-order valence-corrected chi connectivity index (χ0v) is 20.0. The van der Waals surface area contributed by atoms with E-state index in [2.05, 4.69) is 58.8 Å². The van der Waals surface area contributed by atoms with Crippen LogP contribution in [0.3, 0.4) is 0 Å². The van der Waals surface area contributed by atoms with Gasteiger partial charge in [-0.25, -0.2) is 0 Å². The van der Waals surface area contributed by atoms with Crippen LogP contribution in [0.2, 0.25) is 0 Å². The molecule has 5 aromatic rings. The van der Waals surface area contributed by atoms with Crippen LogP contribution in [0.1, 0.15) is 41.3 Å². The van der Waals surface area contributed by atoms with Gasteiger partial charge in [-0.15, -0.1) is 10.2 Å². The van der Waals surface area contributed by atoms with E-state index in [1.165, 1.54) is 18.4 Å². The molecule has 5 nitrogen and oxygen atoms in total. The predicted octanol–water partition coefficient (Wildman–Crippen LogP) is 6.99. The number of aromatic nitrogens is 3. The van der Waals surface area contributed by atoms with Gasteiger partial charge in [-0.1, -0.05) is 67.9 Å². The average molecular weight is 461 g/mol. The molecule has 35 heavy (non-hydrogen) atoms. The lowest BCUT2D eigenvalue weighted by molar-refractivity contribution is 0.102. The van der Waals surface area contributed by atoms with Crippen LogP contribution in [0.25, 0.3) is 27.8 Å². The highest BCUT2D eigenvalue weighted by Crippen LogP contribution is 2.24. The molecule has 0 radical (unpaired) electrons. The van der Waals surface area contributed by atoms with Crippen LogP contribution in [0.4, 0.5) is 5.69 Å². The van der Waals surface area contributed by atoms with Gasteiger partial charge in [0.05, 0.1) is 5.69 Å². The van der Waals surface area contributed by atoms with Crippen molar-refractivity contribution in [2.45, 2.75) is 33.1 Å². The molecule has 0 atom stereocenters. The van der Waals surface area contributed by atoms with Gasteiger partial charge in [0.25, 0.3) is 5.91 Å². The van der Waals surface area contributed by atoms with E-state index in [4.69, 9.17) is 0 Å². The Kier molecular flexibility index (Phi) is 6.40. The number of nitrogens with zero attached hydrogens (tertiary/aromatic N) is 3. The third-order valence-corrected chi connectivity index (χ3v) is 6.22. The lowest BCUT2D eigenvalue weighted by Gasteiger charge is -2.09. The molecule has 4 aromatic carbocycles. The molecule has 0 aliphatic carbocycles. The SMILES string of the molecule is CCCCc1ccc(-n2nc3cc(C)c(NC(=O)c4ccc(-c5ccccc5)cc4)cc3n2)cc1. The van der Waals surface area contributed by atoms with Crippen molar-refractivity contribution in [3.05, 3.63) is 108 Å². The lowest BCUT2D eigenvalue weighted by Crippen LogP contribution is -2.12. The van der Waals surface area contributed by atoms with Crippen molar-refractivity contribution in [3.8, 4) is 16.8 Å². The Balaban J connectivity index is 1.34. The summed E-state index contributed by atoms with van der Waals surface area (Å²) in [4.78, 5) is 14.6. The molecule has 0 aliphatic rings. The van der Waals surface area contributed by atoms with Crippen LogP contribution in [0.15, 0.2) is 91.0 Å². The number of carbonyl (C=O) groups is 1. The normalized spacial score (nSPS) is 11.0. The van der Waals surface area contributed by atoms with E-state index in [1.54, 1.807) is 4.80 Å². The van der Waals surface area contributed by atoms with E-state index < -0.39 is 0 Å². The van der Waals surface area contributed by atoms with Gasteiger partial charge < -0.3 is 5.32 Å². The molecule has 174 valence electrons. The first-order valence-corrected chi connectivity index (χ1v) is 12.0. The summed E-state index contributed by atoms with van der Waals surface area (Å²) in [7, 11) is 0. The Morgan fingerprint density at radius 2 is 1.49 bits per heavy atom. The fourth-order valence-electron chi connectivity index (χ4n) is 4.13. The molecule has 5 rings (SSSR count). The summed E-state index contributed by atoms with van der Waals surface area (Å²) < 4.78 is 0. The topological polar surface area (TPSA) is 59.8 Å². The molecule has 5 heteroatoms.